The van der Waals surface area contributed by atoms with Crippen LogP contribution in [0.25, 0.3) is 0 Å². The first-order valence-corrected chi connectivity index (χ1v) is 12.7. The number of nitrogens with one attached hydrogen (secondary N) is 2. The zero-order valence-corrected chi connectivity index (χ0v) is 20.6. The average Bonchev–Trinajstić information content (AvgIpc) is 3.35. The number of carbonyl (C=O) groups excluding carboxylic acids is 2. The van der Waals surface area contributed by atoms with Crippen LogP contribution in [-0.2, 0) is 4.79 Å². The molecule has 0 fully saturated rings. The van der Waals surface area contributed by atoms with Crippen LogP contribution in [0, 0.1) is 3.57 Å². The molecule has 4 nitrogen and oxygen atoms in total. The van der Waals surface area contributed by atoms with Crippen molar-refractivity contribution in [3.05, 3.63) is 110 Å². The predicted octanol–water partition coefficient (Wildman–Crippen LogP) is 7.08. The molecule has 3 aromatic carbocycles. The molecule has 0 spiro atoms. The minimum Gasteiger partial charge on any atom is -0.325 e. The molecular formula is C25H19IN2O2S2. The van der Waals surface area contributed by atoms with Crippen LogP contribution in [0.2, 0.25) is 0 Å². The van der Waals surface area contributed by atoms with Crippen LogP contribution < -0.4 is 10.6 Å². The standard InChI is InChI=1S/C25H19IN2O2S2/c26-18-11-13-19(14-12-18)27-25(30)23(17-6-2-1-3-7-17)32-21-9-4-8-20(16-21)28-24(29)22-10-5-15-31-22/h1-16,23H,(H,27,30)(H,28,29). The maximum absolute atomic E-state index is 13.2. The van der Waals surface area contributed by atoms with Crippen molar-refractivity contribution in [3.63, 3.8) is 0 Å². The van der Waals surface area contributed by atoms with Crippen molar-refractivity contribution in [2.45, 2.75) is 10.1 Å². The van der Waals surface area contributed by atoms with Gasteiger partial charge in [0.05, 0.1) is 4.88 Å². The first-order chi connectivity index (χ1) is 15.6. The Bertz CT molecular complexity index is 1200. The highest BCUT2D eigenvalue weighted by Crippen LogP contribution is 2.37. The van der Waals surface area contributed by atoms with Crippen LogP contribution in [-0.4, -0.2) is 11.8 Å². The number of amides is 2. The van der Waals surface area contributed by atoms with E-state index in [2.05, 4.69) is 33.2 Å². The molecule has 1 aromatic heterocycles. The molecular weight excluding hydrogens is 551 g/mol. The van der Waals surface area contributed by atoms with E-state index in [-0.39, 0.29) is 11.8 Å². The van der Waals surface area contributed by atoms with Crippen LogP contribution in [0.1, 0.15) is 20.5 Å². The van der Waals surface area contributed by atoms with Gasteiger partial charge in [0.25, 0.3) is 5.91 Å². The van der Waals surface area contributed by atoms with Gasteiger partial charge in [-0.25, -0.2) is 0 Å². The third-order valence-electron chi connectivity index (χ3n) is 4.54. The predicted molar refractivity (Wildman–Crippen MR) is 142 cm³/mol. The summed E-state index contributed by atoms with van der Waals surface area (Å²) < 4.78 is 1.11. The van der Waals surface area contributed by atoms with Gasteiger partial charge in [0.2, 0.25) is 5.91 Å². The van der Waals surface area contributed by atoms with E-state index in [1.54, 1.807) is 6.07 Å². The fourth-order valence-electron chi connectivity index (χ4n) is 3.03. The molecule has 2 amide bonds. The second kappa shape index (κ2) is 10.8. The number of benzene rings is 3. The fraction of sp³-hybridized carbons (Fsp3) is 0.0400. The van der Waals surface area contributed by atoms with Gasteiger partial charge in [-0.15, -0.1) is 23.1 Å². The SMILES string of the molecule is O=C(Nc1cccc(SC(C(=O)Nc2ccc(I)cc2)c2ccccc2)c1)c1cccs1. The zero-order chi connectivity index (χ0) is 22.3. The Morgan fingerprint density at radius 2 is 1.59 bits per heavy atom. The Morgan fingerprint density at radius 1 is 0.812 bits per heavy atom. The van der Waals surface area contributed by atoms with Gasteiger partial charge in [0.1, 0.15) is 5.25 Å². The number of thiophene rings is 1. The summed E-state index contributed by atoms with van der Waals surface area (Å²) in [4.78, 5) is 27.2. The molecule has 2 N–H and O–H groups in total. The number of hydrogen-bond donors (Lipinski definition) is 2. The molecule has 1 unspecified atom stereocenters. The summed E-state index contributed by atoms with van der Waals surface area (Å²) in [6, 6.07) is 28.6. The average molecular weight is 570 g/mol. The van der Waals surface area contributed by atoms with Crippen LogP contribution in [0.5, 0.6) is 0 Å². The van der Waals surface area contributed by atoms with Crippen LogP contribution in [0.15, 0.2) is 101 Å². The highest BCUT2D eigenvalue weighted by atomic mass is 127. The van der Waals surface area contributed by atoms with Crippen molar-refractivity contribution in [2.75, 3.05) is 10.6 Å². The number of rotatable bonds is 7. The van der Waals surface area contributed by atoms with Gasteiger partial charge >= 0.3 is 0 Å². The van der Waals surface area contributed by atoms with Gasteiger partial charge in [-0.1, -0.05) is 42.5 Å². The number of carbonyl (C=O) groups is 2. The Labute approximate surface area is 208 Å². The van der Waals surface area contributed by atoms with E-state index in [9.17, 15) is 9.59 Å². The molecule has 7 heteroatoms. The second-order valence-electron chi connectivity index (χ2n) is 6.86. The van der Waals surface area contributed by atoms with Crippen LogP contribution in [0.3, 0.4) is 0 Å². The van der Waals surface area contributed by atoms with E-state index < -0.39 is 5.25 Å². The maximum Gasteiger partial charge on any atom is 0.265 e. The Kier molecular flexibility index (Phi) is 7.62. The van der Waals surface area contributed by atoms with E-state index in [0.717, 1.165) is 19.7 Å². The van der Waals surface area contributed by atoms with Crippen molar-refractivity contribution in [2.24, 2.45) is 0 Å². The van der Waals surface area contributed by atoms with Gasteiger partial charge in [-0.3, -0.25) is 9.59 Å². The van der Waals surface area contributed by atoms with E-state index in [0.29, 0.717) is 10.6 Å². The summed E-state index contributed by atoms with van der Waals surface area (Å²) in [6.45, 7) is 0. The maximum atomic E-state index is 13.2. The molecule has 1 atom stereocenters. The minimum absolute atomic E-state index is 0.101. The second-order valence-corrected chi connectivity index (χ2v) is 10.2. The Balaban J connectivity index is 1.54. The monoisotopic (exact) mass is 570 g/mol. The molecule has 0 aliphatic rings. The van der Waals surface area contributed by atoms with E-state index >= 15 is 0 Å². The first-order valence-electron chi connectivity index (χ1n) is 9.81. The molecule has 0 saturated heterocycles. The third-order valence-corrected chi connectivity index (χ3v) is 7.38. The number of halogens is 1. The zero-order valence-electron chi connectivity index (χ0n) is 16.8. The van der Waals surface area contributed by atoms with Gasteiger partial charge in [-0.05, 0) is 82.1 Å². The van der Waals surface area contributed by atoms with Gasteiger partial charge in [-0.2, -0.15) is 0 Å². The molecule has 0 bridgehead atoms. The molecule has 4 aromatic rings. The molecule has 1 heterocycles. The third kappa shape index (κ3) is 5.99. The number of anilines is 2. The molecule has 0 radical (unpaired) electrons. The number of thioether (sulfide) groups is 1. The fourth-order valence-corrected chi connectivity index (χ4v) is 5.09. The lowest BCUT2D eigenvalue weighted by atomic mass is 10.1. The minimum atomic E-state index is -0.446. The highest BCUT2D eigenvalue weighted by molar-refractivity contribution is 14.1. The number of hydrogen-bond acceptors (Lipinski definition) is 4. The summed E-state index contributed by atoms with van der Waals surface area (Å²) >= 11 is 5.08. The van der Waals surface area contributed by atoms with Crippen LogP contribution in [0.4, 0.5) is 11.4 Å². The van der Waals surface area contributed by atoms with Crippen molar-refractivity contribution in [3.8, 4) is 0 Å². The summed E-state index contributed by atoms with van der Waals surface area (Å²) in [5.41, 5.74) is 2.36. The Morgan fingerprint density at radius 3 is 2.31 bits per heavy atom. The molecule has 4 rings (SSSR count). The normalized spacial score (nSPS) is 11.5. The van der Waals surface area contributed by atoms with E-state index in [4.69, 9.17) is 0 Å². The molecule has 0 saturated carbocycles. The lowest BCUT2D eigenvalue weighted by Crippen LogP contribution is -2.19. The van der Waals surface area contributed by atoms with Crippen molar-refractivity contribution in [1.82, 2.24) is 0 Å². The van der Waals surface area contributed by atoms with Crippen LogP contribution >= 0.6 is 45.7 Å². The topological polar surface area (TPSA) is 58.2 Å². The molecule has 160 valence electrons. The lowest BCUT2D eigenvalue weighted by Gasteiger charge is -2.18. The van der Waals surface area contributed by atoms with Gasteiger partial charge in [0.15, 0.2) is 0 Å². The van der Waals surface area contributed by atoms with Crippen molar-refractivity contribution in [1.29, 1.82) is 0 Å². The van der Waals surface area contributed by atoms with Gasteiger partial charge in [0, 0.05) is 19.8 Å². The lowest BCUT2D eigenvalue weighted by molar-refractivity contribution is -0.115. The highest BCUT2D eigenvalue weighted by Gasteiger charge is 2.22. The van der Waals surface area contributed by atoms with Gasteiger partial charge < -0.3 is 10.6 Å². The summed E-state index contributed by atoms with van der Waals surface area (Å²) in [5, 5.41) is 7.38. The summed E-state index contributed by atoms with van der Waals surface area (Å²) in [6.07, 6.45) is 0. The molecule has 0 aliphatic carbocycles. The smallest absolute Gasteiger partial charge is 0.265 e. The van der Waals surface area contributed by atoms with E-state index in [1.165, 1.54) is 23.1 Å². The first kappa shape index (κ1) is 22.6. The molecule has 0 aliphatic heterocycles. The van der Waals surface area contributed by atoms with Crippen molar-refractivity contribution < 1.29 is 9.59 Å². The Hall–Kier alpha value is -2.62. The van der Waals surface area contributed by atoms with E-state index in [1.807, 2.05) is 90.3 Å². The quantitative estimate of drug-likeness (QED) is 0.185. The molecule has 32 heavy (non-hydrogen) atoms. The van der Waals surface area contributed by atoms with Crippen molar-refractivity contribution >= 4 is 68.9 Å². The summed E-state index contributed by atoms with van der Waals surface area (Å²) in [5.74, 6) is -0.242. The largest absolute Gasteiger partial charge is 0.325 e. The summed E-state index contributed by atoms with van der Waals surface area (Å²) in [7, 11) is 0.